The molecule has 0 aromatic heterocycles. The number of halogens is 1. The number of amides is 1. The van der Waals surface area contributed by atoms with Gasteiger partial charge in [-0.3, -0.25) is 9.59 Å². The Kier molecular flexibility index (Phi) is 4.48. The van der Waals surface area contributed by atoms with Crippen molar-refractivity contribution in [1.29, 1.82) is 0 Å². The summed E-state index contributed by atoms with van der Waals surface area (Å²) in [6.45, 7) is 1.23. The predicted molar refractivity (Wildman–Crippen MR) is 85.6 cm³/mol. The monoisotopic (exact) mass is 337 g/mol. The van der Waals surface area contributed by atoms with Gasteiger partial charge >= 0.3 is 5.97 Å². The number of nitrogens with zero attached hydrogens (tertiary/aromatic N) is 1. The zero-order valence-electron chi connectivity index (χ0n) is 12.8. The van der Waals surface area contributed by atoms with Crippen molar-refractivity contribution in [2.45, 2.75) is 38.2 Å². The number of rotatable bonds is 6. The van der Waals surface area contributed by atoms with Crippen molar-refractivity contribution >= 4 is 23.5 Å². The maximum atomic E-state index is 12.4. The van der Waals surface area contributed by atoms with Gasteiger partial charge in [0.05, 0.1) is 13.0 Å². The van der Waals surface area contributed by atoms with Crippen LogP contribution in [0.4, 0.5) is 0 Å². The molecule has 5 nitrogen and oxygen atoms in total. The molecule has 1 saturated carbocycles. The summed E-state index contributed by atoms with van der Waals surface area (Å²) in [5.41, 5.74) is -0.294. The summed E-state index contributed by atoms with van der Waals surface area (Å²) in [4.78, 5) is 25.1. The number of likely N-dealkylation sites (tertiary alicyclic amines) is 1. The van der Waals surface area contributed by atoms with Gasteiger partial charge in [-0.1, -0.05) is 11.6 Å². The van der Waals surface area contributed by atoms with E-state index in [0.29, 0.717) is 24.5 Å². The molecule has 6 heteroatoms. The van der Waals surface area contributed by atoms with Gasteiger partial charge < -0.3 is 14.7 Å². The third-order valence-corrected chi connectivity index (χ3v) is 4.88. The molecule has 1 aromatic rings. The molecule has 2 fully saturated rings. The number of hydrogen-bond donors (Lipinski definition) is 1. The van der Waals surface area contributed by atoms with Crippen molar-refractivity contribution in [3.8, 4) is 5.75 Å². The van der Waals surface area contributed by atoms with E-state index in [-0.39, 0.29) is 23.8 Å². The first-order valence-corrected chi connectivity index (χ1v) is 8.25. The zero-order valence-corrected chi connectivity index (χ0v) is 13.6. The molecule has 23 heavy (non-hydrogen) atoms. The lowest BCUT2D eigenvalue weighted by Gasteiger charge is -2.20. The molecule has 1 amide bonds. The average molecular weight is 338 g/mol. The molecular weight excluding hydrogens is 318 g/mol. The van der Waals surface area contributed by atoms with E-state index in [1.165, 1.54) is 0 Å². The number of ether oxygens (including phenoxy) is 1. The van der Waals surface area contributed by atoms with Gasteiger partial charge in [-0.05, 0) is 42.5 Å². The van der Waals surface area contributed by atoms with Gasteiger partial charge in [0, 0.05) is 24.4 Å². The summed E-state index contributed by atoms with van der Waals surface area (Å²) in [6, 6.07) is 7.19. The molecule has 124 valence electrons. The first-order valence-electron chi connectivity index (χ1n) is 7.88. The molecule has 1 aliphatic heterocycles. The number of carboxylic acid groups (broad SMARTS) is 1. The lowest BCUT2D eigenvalue weighted by molar-refractivity contribution is -0.139. The second-order valence-electron chi connectivity index (χ2n) is 6.57. The SMILES string of the molecule is O=C(O)CC1(CC(=O)N2CCC(Oc3ccc(Cl)cc3)C2)CC1. The van der Waals surface area contributed by atoms with E-state index < -0.39 is 5.97 Å². The van der Waals surface area contributed by atoms with Crippen LogP contribution in [0.2, 0.25) is 5.02 Å². The number of hydrogen-bond acceptors (Lipinski definition) is 3. The Bertz CT molecular complexity index is 597. The van der Waals surface area contributed by atoms with Crippen LogP contribution >= 0.6 is 11.6 Å². The molecule has 1 aliphatic carbocycles. The molecule has 3 rings (SSSR count). The van der Waals surface area contributed by atoms with E-state index in [0.717, 1.165) is 25.0 Å². The van der Waals surface area contributed by atoms with Crippen LogP contribution in [-0.4, -0.2) is 41.1 Å². The van der Waals surface area contributed by atoms with Crippen molar-refractivity contribution < 1.29 is 19.4 Å². The van der Waals surface area contributed by atoms with Crippen molar-refractivity contribution in [3.05, 3.63) is 29.3 Å². The van der Waals surface area contributed by atoms with Crippen LogP contribution in [0.15, 0.2) is 24.3 Å². The van der Waals surface area contributed by atoms with Crippen LogP contribution in [-0.2, 0) is 9.59 Å². The van der Waals surface area contributed by atoms with Gasteiger partial charge in [0.25, 0.3) is 0 Å². The summed E-state index contributed by atoms with van der Waals surface area (Å²) >= 11 is 5.85. The van der Waals surface area contributed by atoms with Crippen LogP contribution < -0.4 is 4.74 Å². The molecule has 0 bridgehead atoms. The Hall–Kier alpha value is -1.75. The molecule has 1 heterocycles. The van der Waals surface area contributed by atoms with Gasteiger partial charge in [-0.15, -0.1) is 0 Å². The Morgan fingerprint density at radius 2 is 1.96 bits per heavy atom. The number of aliphatic carboxylic acids is 1. The van der Waals surface area contributed by atoms with Crippen LogP contribution in [0, 0.1) is 5.41 Å². The largest absolute Gasteiger partial charge is 0.489 e. The number of carbonyl (C=O) groups excluding carboxylic acids is 1. The molecular formula is C17H20ClNO4. The molecule has 2 aliphatic rings. The van der Waals surface area contributed by atoms with Gasteiger partial charge in [-0.25, -0.2) is 0 Å². The van der Waals surface area contributed by atoms with E-state index in [2.05, 4.69) is 0 Å². The Balaban J connectivity index is 1.50. The van der Waals surface area contributed by atoms with E-state index in [4.69, 9.17) is 21.4 Å². The first-order chi connectivity index (χ1) is 11.0. The van der Waals surface area contributed by atoms with Crippen LogP contribution in [0.25, 0.3) is 0 Å². The highest BCUT2D eigenvalue weighted by Crippen LogP contribution is 2.52. The Morgan fingerprint density at radius 1 is 1.26 bits per heavy atom. The van der Waals surface area contributed by atoms with Crippen molar-refractivity contribution in [1.82, 2.24) is 4.90 Å². The van der Waals surface area contributed by atoms with E-state index in [9.17, 15) is 9.59 Å². The van der Waals surface area contributed by atoms with Crippen molar-refractivity contribution in [2.75, 3.05) is 13.1 Å². The summed E-state index contributed by atoms with van der Waals surface area (Å²) in [7, 11) is 0. The highest BCUT2D eigenvalue weighted by Gasteiger charge is 2.47. The number of carbonyl (C=O) groups is 2. The van der Waals surface area contributed by atoms with E-state index in [1.807, 2.05) is 12.1 Å². The second kappa shape index (κ2) is 6.40. The van der Waals surface area contributed by atoms with E-state index >= 15 is 0 Å². The minimum absolute atomic E-state index is 0.0187. The fraction of sp³-hybridized carbons (Fsp3) is 0.529. The quantitative estimate of drug-likeness (QED) is 0.866. The fourth-order valence-electron chi connectivity index (χ4n) is 3.10. The smallest absolute Gasteiger partial charge is 0.303 e. The molecule has 1 unspecified atom stereocenters. The third kappa shape index (κ3) is 4.16. The highest BCUT2D eigenvalue weighted by molar-refractivity contribution is 6.30. The van der Waals surface area contributed by atoms with Gasteiger partial charge in [-0.2, -0.15) is 0 Å². The van der Waals surface area contributed by atoms with Crippen molar-refractivity contribution in [2.24, 2.45) is 5.41 Å². The minimum atomic E-state index is -0.819. The van der Waals surface area contributed by atoms with Crippen LogP contribution in [0.5, 0.6) is 5.75 Å². The van der Waals surface area contributed by atoms with Crippen molar-refractivity contribution in [3.63, 3.8) is 0 Å². The lowest BCUT2D eigenvalue weighted by atomic mass is 9.97. The summed E-state index contributed by atoms with van der Waals surface area (Å²) in [6.07, 6.45) is 2.88. The maximum Gasteiger partial charge on any atom is 0.303 e. The summed E-state index contributed by atoms with van der Waals surface area (Å²) in [5.74, 6) is -0.0233. The summed E-state index contributed by atoms with van der Waals surface area (Å²) < 4.78 is 5.87. The van der Waals surface area contributed by atoms with Gasteiger partial charge in [0.1, 0.15) is 11.9 Å². The Labute approximate surface area is 140 Å². The maximum absolute atomic E-state index is 12.4. The van der Waals surface area contributed by atoms with Gasteiger partial charge in [0.15, 0.2) is 0 Å². The molecule has 1 N–H and O–H groups in total. The third-order valence-electron chi connectivity index (χ3n) is 4.62. The summed E-state index contributed by atoms with van der Waals surface area (Å²) in [5, 5.41) is 9.60. The van der Waals surface area contributed by atoms with E-state index in [1.54, 1.807) is 17.0 Å². The highest BCUT2D eigenvalue weighted by atomic mass is 35.5. The number of benzene rings is 1. The average Bonchev–Trinajstić information content (AvgIpc) is 3.06. The predicted octanol–water partition coefficient (Wildman–Crippen LogP) is 2.96. The Morgan fingerprint density at radius 3 is 2.57 bits per heavy atom. The molecule has 1 aromatic carbocycles. The standard InChI is InChI=1S/C17H20ClNO4/c18-12-1-3-13(4-2-12)23-14-5-8-19(11-14)15(20)9-17(6-7-17)10-16(21)22/h1-4,14H,5-11H2,(H,21,22). The molecule has 1 atom stereocenters. The number of carboxylic acids is 1. The topological polar surface area (TPSA) is 66.8 Å². The zero-order chi connectivity index (χ0) is 16.4. The molecule has 0 radical (unpaired) electrons. The normalized spacial score (nSPS) is 22.0. The van der Waals surface area contributed by atoms with Crippen LogP contribution in [0.3, 0.4) is 0 Å². The first kappa shape index (κ1) is 16.1. The second-order valence-corrected chi connectivity index (χ2v) is 7.01. The molecule has 1 saturated heterocycles. The van der Waals surface area contributed by atoms with Crippen LogP contribution in [0.1, 0.15) is 32.1 Å². The molecule has 0 spiro atoms. The fourth-order valence-corrected chi connectivity index (χ4v) is 3.23. The van der Waals surface area contributed by atoms with Gasteiger partial charge in [0.2, 0.25) is 5.91 Å². The lowest BCUT2D eigenvalue weighted by Crippen LogP contribution is -2.32. The minimum Gasteiger partial charge on any atom is -0.489 e.